The molecule has 0 unspecified atom stereocenters. The van der Waals surface area contributed by atoms with Crippen LogP contribution in [0.3, 0.4) is 0 Å². The minimum Gasteiger partial charge on any atom is -0.487 e. The van der Waals surface area contributed by atoms with Crippen molar-refractivity contribution in [1.82, 2.24) is 4.90 Å². The largest absolute Gasteiger partial charge is 0.487 e. The van der Waals surface area contributed by atoms with Crippen LogP contribution in [0.5, 0.6) is 5.75 Å². The van der Waals surface area contributed by atoms with Crippen LogP contribution in [0.2, 0.25) is 0 Å². The Balaban J connectivity index is 1.75. The van der Waals surface area contributed by atoms with Crippen molar-refractivity contribution < 1.29 is 4.74 Å². The minimum absolute atomic E-state index is 0.00175. The van der Waals surface area contributed by atoms with Crippen LogP contribution in [-0.4, -0.2) is 36.7 Å². The normalized spacial score (nSPS) is 21.9. The number of benzene rings is 1. The molecular formula is C17H26N2O. The molecule has 2 aliphatic rings. The van der Waals surface area contributed by atoms with E-state index in [9.17, 15) is 0 Å². The molecule has 0 atom stereocenters. The standard InChI is InChI=1S/C17H26N2O/c1-3-19-12-9-17(2,10-13-19)20-16-8-4-7-15-14(16)6-5-11-18-15/h4,7-8,18H,3,5-6,9-13H2,1-2H3. The number of anilines is 1. The molecule has 0 bridgehead atoms. The van der Waals surface area contributed by atoms with Crippen molar-refractivity contribution in [2.45, 2.75) is 45.1 Å². The number of likely N-dealkylation sites (tertiary alicyclic amines) is 1. The Kier molecular flexibility index (Phi) is 3.88. The number of hydrogen-bond acceptors (Lipinski definition) is 3. The van der Waals surface area contributed by atoms with E-state index in [1.807, 2.05) is 0 Å². The molecule has 1 aromatic carbocycles. The maximum Gasteiger partial charge on any atom is 0.125 e. The summed E-state index contributed by atoms with van der Waals surface area (Å²) >= 11 is 0. The van der Waals surface area contributed by atoms with Gasteiger partial charge in [0.1, 0.15) is 11.4 Å². The van der Waals surface area contributed by atoms with Crippen LogP contribution in [0.4, 0.5) is 5.69 Å². The Hall–Kier alpha value is -1.22. The number of hydrogen-bond donors (Lipinski definition) is 1. The highest BCUT2D eigenvalue weighted by Crippen LogP contribution is 2.35. The van der Waals surface area contributed by atoms with Crippen molar-refractivity contribution >= 4 is 5.69 Å². The molecule has 0 saturated carbocycles. The maximum atomic E-state index is 6.47. The van der Waals surface area contributed by atoms with E-state index in [2.05, 4.69) is 42.3 Å². The molecule has 3 heteroatoms. The van der Waals surface area contributed by atoms with Gasteiger partial charge in [0.15, 0.2) is 0 Å². The van der Waals surface area contributed by atoms with Gasteiger partial charge in [0.25, 0.3) is 0 Å². The molecule has 0 aliphatic carbocycles. The first kappa shape index (κ1) is 13.7. The molecule has 1 fully saturated rings. The van der Waals surface area contributed by atoms with E-state index in [1.54, 1.807) is 0 Å². The number of fused-ring (bicyclic) bond motifs is 1. The van der Waals surface area contributed by atoms with E-state index in [1.165, 1.54) is 17.7 Å². The second-order valence-corrected chi connectivity index (χ2v) is 6.30. The topological polar surface area (TPSA) is 24.5 Å². The monoisotopic (exact) mass is 274 g/mol. The van der Waals surface area contributed by atoms with Gasteiger partial charge >= 0.3 is 0 Å². The second kappa shape index (κ2) is 5.65. The SMILES string of the molecule is CCN1CCC(C)(Oc2cccc3c2CCCN3)CC1. The second-order valence-electron chi connectivity index (χ2n) is 6.30. The van der Waals surface area contributed by atoms with Crippen LogP contribution in [0.1, 0.15) is 38.7 Å². The van der Waals surface area contributed by atoms with Gasteiger partial charge in [0.2, 0.25) is 0 Å². The van der Waals surface area contributed by atoms with Crippen LogP contribution in [0.15, 0.2) is 18.2 Å². The van der Waals surface area contributed by atoms with E-state index in [0.717, 1.165) is 51.2 Å². The smallest absolute Gasteiger partial charge is 0.125 e. The average Bonchev–Trinajstić information content (AvgIpc) is 2.48. The van der Waals surface area contributed by atoms with Crippen molar-refractivity contribution in [2.24, 2.45) is 0 Å². The van der Waals surface area contributed by atoms with Crippen molar-refractivity contribution in [2.75, 3.05) is 31.5 Å². The third-order valence-corrected chi connectivity index (χ3v) is 4.77. The molecule has 2 heterocycles. The van der Waals surface area contributed by atoms with Gasteiger partial charge in [-0.1, -0.05) is 13.0 Å². The first-order chi connectivity index (χ1) is 9.70. The zero-order valence-corrected chi connectivity index (χ0v) is 12.7. The summed E-state index contributed by atoms with van der Waals surface area (Å²) in [5.74, 6) is 1.10. The van der Waals surface area contributed by atoms with Crippen molar-refractivity contribution in [3.8, 4) is 5.75 Å². The minimum atomic E-state index is -0.00175. The first-order valence-electron chi connectivity index (χ1n) is 7.97. The van der Waals surface area contributed by atoms with Crippen LogP contribution in [-0.2, 0) is 6.42 Å². The third kappa shape index (κ3) is 2.78. The molecule has 110 valence electrons. The quantitative estimate of drug-likeness (QED) is 0.915. The summed E-state index contributed by atoms with van der Waals surface area (Å²) in [6, 6.07) is 6.42. The highest BCUT2D eigenvalue weighted by atomic mass is 16.5. The predicted octanol–water partition coefficient (Wildman–Crippen LogP) is 3.30. The van der Waals surface area contributed by atoms with E-state index >= 15 is 0 Å². The fourth-order valence-corrected chi connectivity index (χ4v) is 3.28. The van der Waals surface area contributed by atoms with Gasteiger partial charge < -0.3 is 15.0 Å². The summed E-state index contributed by atoms with van der Waals surface area (Å²) in [5.41, 5.74) is 2.64. The molecule has 2 aliphatic heterocycles. The summed E-state index contributed by atoms with van der Waals surface area (Å²) in [6.07, 6.45) is 4.58. The molecule has 0 amide bonds. The fourth-order valence-electron chi connectivity index (χ4n) is 3.28. The van der Waals surface area contributed by atoms with Crippen LogP contribution >= 0.6 is 0 Å². The lowest BCUT2D eigenvalue weighted by molar-refractivity contribution is 0.0176. The summed E-state index contributed by atoms with van der Waals surface area (Å²) in [6.45, 7) is 9.05. The van der Waals surface area contributed by atoms with E-state index in [4.69, 9.17) is 4.74 Å². The molecule has 0 radical (unpaired) electrons. The molecule has 1 aromatic rings. The van der Waals surface area contributed by atoms with Gasteiger partial charge in [0, 0.05) is 30.9 Å². The van der Waals surface area contributed by atoms with Crippen LogP contribution in [0, 0.1) is 0 Å². The molecule has 0 spiro atoms. The lowest BCUT2D eigenvalue weighted by atomic mass is 9.92. The Morgan fingerprint density at radius 2 is 2.10 bits per heavy atom. The summed E-state index contributed by atoms with van der Waals surface area (Å²) < 4.78 is 6.47. The van der Waals surface area contributed by atoms with Gasteiger partial charge in [-0.3, -0.25) is 0 Å². The molecule has 0 aromatic heterocycles. The first-order valence-corrected chi connectivity index (χ1v) is 7.97. The van der Waals surface area contributed by atoms with E-state index < -0.39 is 0 Å². The Morgan fingerprint density at radius 3 is 2.85 bits per heavy atom. The average molecular weight is 274 g/mol. The van der Waals surface area contributed by atoms with Gasteiger partial charge in [-0.2, -0.15) is 0 Å². The molecular weight excluding hydrogens is 248 g/mol. The van der Waals surface area contributed by atoms with E-state index in [-0.39, 0.29) is 5.60 Å². The maximum absolute atomic E-state index is 6.47. The molecule has 1 saturated heterocycles. The molecule has 1 N–H and O–H groups in total. The number of ether oxygens (including phenoxy) is 1. The zero-order valence-electron chi connectivity index (χ0n) is 12.7. The molecule has 20 heavy (non-hydrogen) atoms. The van der Waals surface area contributed by atoms with Gasteiger partial charge in [-0.25, -0.2) is 0 Å². The summed E-state index contributed by atoms with van der Waals surface area (Å²) in [7, 11) is 0. The number of nitrogens with zero attached hydrogens (tertiary/aromatic N) is 1. The number of piperidine rings is 1. The van der Waals surface area contributed by atoms with Crippen molar-refractivity contribution in [3.63, 3.8) is 0 Å². The Bertz CT molecular complexity index is 464. The fraction of sp³-hybridized carbons (Fsp3) is 0.647. The molecule has 3 rings (SSSR count). The van der Waals surface area contributed by atoms with Gasteiger partial charge in [-0.15, -0.1) is 0 Å². The highest BCUT2D eigenvalue weighted by Gasteiger charge is 2.32. The van der Waals surface area contributed by atoms with Crippen molar-refractivity contribution in [3.05, 3.63) is 23.8 Å². The Labute approximate surface area is 122 Å². The van der Waals surface area contributed by atoms with Crippen LogP contribution < -0.4 is 10.1 Å². The van der Waals surface area contributed by atoms with Crippen molar-refractivity contribution in [1.29, 1.82) is 0 Å². The van der Waals surface area contributed by atoms with Gasteiger partial charge in [-0.05, 0) is 51.3 Å². The zero-order chi connectivity index (χ0) is 14.0. The third-order valence-electron chi connectivity index (χ3n) is 4.77. The number of nitrogens with one attached hydrogen (secondary N) is 1. The summed E-state index contributed by atoms with van der Waals surface area (Å²) in [5, 5.41) is 3.48. The predicted molar refractivity (Wildman–Crippen MR) is 83.6 cm³/mol. The molecule has 3 nitrogen and oxygen atoms in total. The van der Waals surface area contributed by atoms with Gasteiger partial charge in [0.05, 0.1) is 0 Å². The highest BCUT2D eigenvalue weighted by molar-refractivity contribution is 5.59. The van der Waals surface area contributed by atoms with E-state index in [0.29, 0.717) is 0 Å². The number of rotatable bonds is 3. The Morgan fingerprint density at radius 1 is 1.30 bits per heavy atom. The lowest BCUT2D eigenvalue weighted by Gasteiger charge is -2.40. The lowest BCUT2D eigenvalue weighted by Crippen LogP contribution is -2.46. The summed E-state index contributed by atoms with van der Waals surface area (Å²) in [4.78, 5) is 2.51. The van der Waals surface area contributed by atoms with Crippen LogP contribution in [0.25, 0.3) is 0 Å².